The van der Waals surface area contributed by atoms with Gasteiger partial charge in [-0.25, -0.2) is 23.7 Å². The van der Waals surface area contributed by atoms with Crippen LogP contribution in [0.2, 0.25) is 0 Å². The summed E-state index contributed by atoms with van der Waals surface area (Å²) in [6.07, 6.45) is 3.94. The first-order chi connectivity index (χ1) is 18.9. The number of alkyl halides is 2. The number of imidazole rings is 1. The molecule has 1 saturated heterocycles. The molecule has 0 saturated carbocycles. The molecule has 0 radical (unpaired) electrons. The van der Waals surface area contributed by atoms with Crippen LogP contribution in [-0.4, -0.2) is 49.5 Å². The minimum atomic E-state index is -2.70. The number of benzene rings is 1. The summed E-state index contributed by atoms with van der Waals surface area (Å²) in [5.41, 5.74) is 10.5. The van der Waals surface area contributed by atoms with Gasteiger partial charge in [-0.2, -0.15) is 0 Å². The molecule has 0 spiro atoms. The van der Waals surface area contributed by atoms with Gasteiger partial charge in [0.05, 0.1) is 5.56 Å². The van der Waals surface area contributed by atoms with E-state index >= 15 is 0 Å². The second kappa shape index (κ2) is 10.2. The number of aryl methyl sites for hydroxylation is 1. The van der Waals surface area contributed by atoms with Crippen molar-refractivity contribution in [2.75, 3.05) is 18.8 Å². The Morgan fingerprint density at radius 3 is 2.69 bits per heavy atom. The van der Waals surface area contributed by atoms with Crippen molar-refractivity contribution in [3.05, 3.63) is 78.1 Å². The quantitative estimate of drug-likeness (QED) is 0.350. The Balaban J connectivity index is 1.33. The van der Waals surface area contributed by atoms with E-state index in [4.69, 9.17) is 10.7 Å². The fraction of sp³-hybridized carbons (Fsp3) is 0.310. The number of nitrogens with two attached hydrogens (primary N) is 1. The lowest BCUT2D eigenvalue weighted by Crippen LogP contribution is -2.45. The number of carbonyl (C=O) groups excluding carboxylic acids is 1. The number of rotatable bonds is 6. The lowest BCUT2D eigenvalue weighted by atomic mass is 10.0. The maximum absolute atomic E-state index is 13.6. The molecule has 0 bridgehead atoms. The molecule has 200 valence electrons. The van der Waals surface area contributed by atoms with Crippen LogP contribution in [0.4, 0.5) is 14.6 Å². The molecule has 4 heterocycles. The third kappa shape index (κ3) is 4.65. The molecule has 1 amide bonds. The first-order valence-electron chi connectivity index (χ1n) is 13.1. The van der Waals surface area contributed by atoms with Crippen molar-refractivity contribution >= 4 is 22.9 Å². The number of fused-ring (bicyclic) bond motifs is 2. The summed E-state index contributed by atoms with van der Waals surface area (Å²) in [7, 11) is 0. The van der Waals surface area contributed by atoms with Crippen molar-refractivity contribution in [3.8, 4) is 17.1 Å². The first-order valence-corrected chi connectivity index (χ1v) is 13.1. The largest absolute Gasteiger partial charge is 0.383 e. The van der Waals surface area contributed by atoms with Gasteiger partial charge in [-0.3, -0.25) is 9.36 Å². The topological polar surface area (TPSA) is 102 Å². The predicted molar refractivity (Wildman–Crippen MR) is 145 cm³/mol. The number of pyridine rings is 2. The normalized spacial score (nSPS) is 17.6. The van der Waals surface area contributed by atoms with Crippen LogP contribution >= 0.6 is 0 Å². The van der Waals surface area contributed by atoms with Gasteiger partial charge in [-0.15, -0.1) is 0 Å². The number of aromatic nitrogens is 4. The smallest absolute Gasteiger partial charge is 0.280 e. The van der Waals surface area contributed by atoms with Crippen LogP contribution in [0.5, 0.6) is 0 Å². The number of likely N-dealkylation sites (tertiary alicyclic amines) is 1. The number of nitrogens with one attached hydrogen (secondary N) is 1. The molecule has 1 aromatic carbocycles. The average molecular weight is 530 g/mol. The maximum Gasteiger partial charge on any atom is 0.280 e. The highest BCUT2D eigenvalue weighted by atomic mass is 19.3. The molecule has 39 heavy (non-hydrogen) atoms. The number of piperidine rings is 1. The highest BCUT2D eigenvalue weighted by molar-refractivity contribution is 5.87. The van der Waals surface area contributed by atoms with Crippen LogP contribution in [0.1, 0.15) is 48.6 Å². The van der Waals surface area contributed by atoms with Gasteiger partial charge in [-0.05, 0) is 79.3 Å². The molecular weight excluding hydrogens is 500 g/mol. The van der Waals surface area contributed by atoms with E-state index in [1.807, 2.05) is 17.0 Å². The molecule has 1 fully saturated rings. The fourth-order valence-corrected chi connectivity index (χ4v) is 5.72. The minimum Gasteiger partial charge on any atom is -0.383 e. The van der Waals surface area contributed by atoms with Gasteiger partial charge in [0.1, 0.15) is 17.0 Å². The Morgan fingerprint density at radius 1 is 1.13 bits per heavy atom. The summed E-state index contributed by atoms with van der Waals surface area (Å²) in [6.45, 7) is 5.03. The molecule has 1 atom stereocenters. The van der Waals surface area contributed by atoms with Gasteiger partial charge < -0.3 is 16.0 Å². The zero-order valence-corrected chi connectivity index (χ0v) is 21.4. The van der Waals surface area contributed by atoms with Gasteiger partial charge in [0.25, 0.3) is 6.43 Å². The van der Waals surface area contributed by atoms with Crippen LogP contribution in [0, 0.1) is 0 Å². The van der Waals surface area contributed by atoms with Gasteiger partial charge in [0, 0.05) is 37.1 Å². The summed E-state index contributed by atoms with van der Waals surface area (Å²) in [5, 5.41) is 3.80. The minimum absolute atomic E-state index is 0.0122. The van der Waals surface area contributed by atoms with Gasteiger partial charge in [0.2, 0.25) is 5.91 Å². The van der Waals surface area contributed by atoms with E-state index in [1.165, 1.54) is 23.3 Å². The third-order valence-corrected chi connectivity index (χ3v) is 7.71. The van der Waals surface area contributed by atoms with E-state index < -0.39 is 6.43 Å². The van der Waals surface area contributed by atoms with Crippen molar-refractivity contribution in [1.29, 1.82) is 0 Å². The molecule has 4 aromatic rings. The Morgan fingerprint density at radius 2 is 1.95 bits per heavy atom. The van der Waals surface area contributed by atoms with E-state index in [0.717, 1.165) is 44.5 Å². The van der Waals surface area contributed by atoms with Crippen molar-refractivity contribution in [2.45, 2.75) is 44.2 Å². The van der Waals surface area contributed by atoms with Gasteiger partial charge >= 0.3 is 0 Å². The number of anilines is 1. The fourth-order valence-electron chi connectivity index (χ4n) is 5.72. The number of nitrogen functional groups attached to an aromatic ring is 1. The van der Waals surface area contributed by atoms with Crippen molar-refractivity contribution in [1.82, 2.24) is 29.7 Å². The number of halogens is 2. The summed E-state index contributed by atoms with van der Waals surface area (Å²) >= 11 is 0. The maximum atomic E-state index is 13.6. The molecule has 1 aliphatic carbocycles. The lowest BCUT2D eigenvalue weighted by Gasteiger charge is -2.33. The van der Waals surface area contributed by atoms with Crippen LogP contribution in [0.25, 0.3) is 28.2 Å². The Hall–Kier alpha value is -4.18. The van der Waals surface area contributed by atoms with Crippen molar-refractivity contribution in [2.24, 2.45) is 0 Å². The molecule has 8 nitrogen and oxygen atoms in total. The summed E-state index contributed by atoms with van der Waals surface area (Å²) < 4.78 is 28.9. The van der Waals surface area contributed by atoms with E-state index in [-0.39, 0.29) is 17.6 Å². The van der Waals surface area contributed by atoms with E-state index in [9.17, 15) is 13.6 Å². The third-order valence-electron chi connectivity index (χ3n) is 7.71. The Labute approximate surface area is 224 Å². The Bertz CT molecular complexity index is 1560. The SMILES string of the molecule is C=CC(=O)N1CCC(NC2CCc3cc(-n4c(-c5cccnc5N)nc5ccc(C(F)F)nc54)ccc32)CC1. The predicted octanol–water partition coefficient (Wildman–Crippen LogP) is 4.76. The van der Waals surface area contributed by atoms with E-state index in [2.05, 4.69) is 34.0 Å². The monoisotopic (exact) mass is 529 g/mol. The van der Waals surface area contributed by atoms with E-state index in [1.54, 1.807) is 22.9 Å². The molecule has 10 heteroatoms. The highest BCUT2D eigenvalue weighted by Crippen LogP contribution is 2.36. The molecule has 1 aliphatic heterocycles. The second-order valence-corrected chi connectivity index (χ2v) is 10.0. The van der Waals surface area contributed by atoms with E-state index in [0.29, 0.717) is 34.4 Å². The lowest BCUT2D eigenvalue weighted by molar-refractivity contribution is -0.127. The van der Waals surface area contributed by atoms with Crippen LogP contribution in [-0.2, 0) is 11.2 Å². The highest BCUT2D eigenvalue weighted by Gasteiger charge is 2.29. The van der Waals surface area contributed by atoms with Crippen LogP contribution < -0.4 is 11.1 Å². The summed E-state index contributed by atoms with van der Waals surface area (Å²) in [5.74, 6) is 0.791. The molecule has 2 aliphatic rings. The standard InChI is InChI=1S/C29H29F2N7O/c1-2-25(39)37-14-11-18(12-15-37)34-22-8-5-17-16-19(6-7-20(17)22)38-28(21-4-3-13-33-27(21)32)36-24-10-9-23(26(30)31)35-29(24)38/h2-4,6-7,9-10,13,16,18,22,26,34H,1,5,8,11-12,14-15H2,(H2,32,33). The zero-order valence-electron chi connectivity index (χ0n) is 21.4. The molecule has 3 aromatic heterocycles. The number of carbonyl (C=O) groups is 1. The van der Waals surface area contributed by atoms with Crippen LogP contribution in [0.15, 0.2) is 61.3 Å². The second-order valence-electron chi connectivity index (χ2n) is 10.0. The van der Waals surface area contributed by atoms with Crippen molar-refractivity contribution < 1.29 is 13.6 Å². The molecule has 6 rings (SSSR count). The first kappa shape index (κ1) is 25.1. The Kier molecular flexibility index (Phi) is 6.56. The number of hydrogen-bond donors (Lipinski definition) is 2. The average Bonchev–Trinajstić information content (AvgIpc) is 3.53. The molecule has 1 unspecified atom stereocenters. The number of hydrogen-bond acceptors (Lipinski definition) is 6. The van der Waals surface area contributed by atoms with Crippen LogP contribution in [0.3, 0.4) is 0 Å². The zero-order chi connectivity index (χ0) is 27.1. The number of amides is 1. The molecule has 3 N–H and O–H groups in total. The summed E-state index contributed by atoms with van der Waals surface area (Å²) in [4.78, 5) is 26.9. The van der Waals surface area contributed by atoms with Crippen molar-refractivity contribution in [3.63, 3.8) is 0 Å². The van der Waals surface area contributed by atoms with Gasteiger partial charge in [0.15, 0.2) is 11.5 Å². The summed E-state index contributed by atoms with van der Waals surface area (Å²) in [6, 6.07) is 13.2. The van der Waals surface area contributed by atoms with Gasteiger partial charge in [-0.1, -0.05) is 12.6 Å². The number of nitrogens with zero attached hydrogens (tertiary/aromatic N) is 5. The molecular formula is C29H29F2N7O.